The van der Waals surface area contributed by atoms with Crippen LogP contribution in [0.3, 0.4) is 0 Å². The molecule has 0 aromatic heterocycles. The van der Waals surface area contributed by atoms with Crippen LogP contribution in [-0.2, 0) is 4.79 Å². The molecule has 0 aliphatic rings. The Balaban J connectivity index is 2.87. The lowest BCUT2D eigenvalue weighted by atomic mass is 10.00. The predicted molar refractivity (Wildman–Crippen MR) is 69.6 cm³/mol. The normalized spacial score (nSPS) is 12.9. The van der Waals surface area contributed by atoms with E-state index < -0.39 is 23.4 Å². The van der Waals surface area contributed by atoms with Crippen LogP contribution >= 0.6 is 0 Å². The summed E-state index contributed by atoms with van der Waals surface area (Å²) in [6.07, 6.45) is 0.185. The van der Waals surface area contributed by atoms with Gasteiger partial charge in [-0.15, -0.1) is 0 Å². The highest BCUT2D eigenvalue weighted by atomic mass is 19.1. The molecule has 0 fully saturated rings. The fraction of sp³-hybridized carbons (Fsp3) is 0.308. The van der Waals surface area contributed by atoms with Crippen LogP contribution in [0.5, 0.6) is 0 Å². The van der Waals surface area contributed by atoms with E-state index in [-0.39, 0.29) is 17.7 Å². The van der Waals surface area contributed by atoms with E-state index >= 15 is 0 Å². The van der Waals surface area contributed by atoms with E-state index in [1.165, 1.54) is 13.0 Å². The molecule has 0 heterocycles. The number of hydrogen-bond acceptors (Lipinski definition) is 3. The molecule has 6 nitrogen and oxygen atoms in total. The molecule has 0 saturated carbocycles. The number of carboxylic acid groups (broad SMARTS) is 1. The zero-order valence-electron chi connectivity index (χ0n) is 11.0. The second-order valence-corrected chi connectivity index (χ2v) is 4.37. The third-order valence-electron chi connectivity index (χ3n) is 2.92. The maximum Gasteiger partial charge on any atom is 0.329 e. The number of aliphatic carboxylic acids is 1. The molecule has 1 aromatic carbocycles. The quantitative estimate of drug-likeness (QED) is 0.785. The molecule has 1 rings (SSSR count). The first-order valence-corrected chi connectivity index (χ1v) is 5.84. The van der Waals surface area contributed by atoms with Gasteiger partial charge in [0.2, 0.25) is 0 Å². The molecule has 2 amide bonds. The number of carboxylic acids is 1. The zero-order chi connectivity index (χ0) is 15.3. The molecule has 20 heavy (non-hydrogen) atoms. The molecule has 0 bridgehead atoms. The van der Waals surface area contributed by atoms with Gasteiger partial charge in [0.1, 0.15) is 17.4 Å². The van der Waals surface area contributed by atoms with Crippen LogP contribution in [0.4, 0.5) is 14.9 Å². The van der Waals surface area contributed by atoms with Crippen molar-refractivity contribution in [3.05, 3.63) is 29.6 Å². The molecule has 7 heteroatoms. The number of amides is 2. The monoisotopic (exact) mass is 279 g/mol. The van der Waals surface area contributed by atoms with E-state index in [2.05, 4.69) is 10.6 Å². The average molecular weight is 279 g/mol. The number of benzene rings is 1. The molecule has 1 atom stereocenters. The number of nitrogens with zero attached hydrogens (tertiary/aromatic N) is 1. The fourth-order valence-corrected chi connectivity index (χ4v) is 1.42. The van der Waals surface area contributed by atoms with Crippen LogP contribution in [0.25, 0.3) is 0 Å². The molecule has 0 spiro atoms. The summed E-state index contributed by atoms with van der Waals surface area (Å²) in [7, 11) is 0. The average Bonchev–Trinajstić information content (AvgIpc) is 2.40. The van der Waals surface area contributed by atoms with Gasteiger partial charge in [0.25, 0.3) is 0 Å². The van der Waals surface area contributed by atoms with Crippen LogP contribution < -0.4 is 10.6 Å². The van der Waals surface area contributed by atoms with Crippen molar-refractivity contribution in [1.29, 1.82) is 5.26 Å². The largest absolute Gasteiger partial charge is 0.480 e. The summed E-state index contributed by atoms with van der Waals surface area (Å²) in [4.78, 5) is 22.8. The Hall–Kier alpha value is -2.62. The van der Waals surface area contributed by atoms with E-state index in [1.54, 1.807) is 13.0 Å². The summed E-state index contributed by atoms with van der Waals surface area (Å²) >= 11 is 0. The standard InChI is InChI=1S/C13H14FN3O3/c1-3-13(2,11(18)19)17-12(20)16-10-5-4-9(14)6-8(10)7-15/h4-6H,3H2,1-2H3,(H,18,19)(H2,16,17,20). The minimum Gasteiger partial charge on any atom is -0.480 e. The van der Waals surface area contributed by atoms with Crippen molar-refractivity contribution in [2.45, 2.75) is 25.8 Å². The minimum atomic E-state index is -1.42. The van der Waals surface area contributed by atoms with Crippen LogP contribution in [0.2, 0.25) is 0 Å². The van der Waals surface area contributed by atoms with E-state index in [4.69, 9.17) is 10.4 Å². The van der Waals surface area contributed by atoms with Crippen molar-refractivity contribution in [2.24, 2.45) is 0 Å². The molecule has 106 valence electrons. The lowest BCUT2D eigenvalue weighted by Crippen LogP contribution is -2.53. The van der Waals surface area contributed by atoms with Gasteiger partial charge in [-0.1, -0.05) is 6.92 Å². The highest BCUT2D eigenvalue weighted by Crippen LogP contribution is 2.16. The van der Waals surface area contributed by atoms with Crippen LogP contribution in [0, 0.1) is 17.1 Å². The minimum absolute atomic E-state index is 0.0475. The smallest absolute Gasteiger partial charge is 0.329 e. The topological polar surface area (TPSA) is 102 Å². The number of urea groups is 1. The maximum atomic E-state index is 12.9. The van der Waals surface area contributed by atoms with E-state index in [0.29, 0.717) is 0 Å². The Bertz CT molecular complexity index is 583. The van der Waals surface area contributed by atoms with Crippen molar-refractivity contribution < 1.29 is 19.1 Å². The summed E-state index contributed by atoms with van der Waals surface area (Å²) in [5.74, 6) is -1.77. The third kappa shape index (κ3) is 3.45. The van der Waals surface area contributed by atoms with Crippen molar-refractivity contribution in [3.63, 3.8) is 0 Å². The number of hydrogen-bond donors (Lipinski definition) is 3. The first-order chi connectivity index (χ1) is 9.32. The summed E-state index contributed by atoms with van der Waals surface area (Å²) in [6.45, 7) is 2.98. The fourth-order valence-electron chi connectivity index (χ4n) is 1.42. The molecular formula is C13H14FN3O3. The number of nitrogens with one attached hydrogen (secondary N) is 2. The van der Waals surface area contributed by atoms with E-state index in [0.717, 1.165) is 12.1 Å². The number of carbonyl (C=O) groups excluding carboxylic acids is 1. The van der Waals surface area contributed by atoms with Crippen LogP contribution in [0.1, 0.15) is 25.8 Å². The highest BCUT2D eigenvalue weighted by molar-refractivity contribution is 5.94. The van der Waals surface area contributed by atoms with Gasteiger partial charge in [-0.05, 0) is 31.5 Å². The van der Waals surface area contributed by atoms with Gasteiger partial charge in [-0.25, -0.2) is 14.0 Å². The van der Waals surface area contributed by atoms with Gasteiger partial charge in [-0.3, -0.25) is 0 Å². The molecule has 0 aliphatic heterocycles. The summed E-state index contributed by atoms with van der Waals surface area (Å²) < 4.78 is 12.9. The number of nitriles is 1. The Kier molecular flexibility index (Phi) is 4.64. The summed E-state index contributed by atoms with van der Waals surface area (Å²) in [5, 5.41) is 22.5. The van der Waals surface area contributed by atoms with E-state index in [1.807, 2.05) is 0 Å². The van der Waals surface area contributed by atoms with Crippen LogP contribution in [0.15, 0.2) is 18.2 Å². The second kappa shape index (κ2) is 6.02. The van der Waals surface area contributed by atoms with Gasteiger partial charge in [0.15, 0.2) is 0 Å². The number of halogens is 1. The molecule has 1 unspecified atom stereocenters. The number of rotatable bonds is 4. The number of carbonyl (C=O) groups is 2. The van der Waals surface area contributed by atoms with Gasteiger partial charge >= 0.3 is 12.0 Å². The Morgan fingerprint density at radius 2 is 2.15 bits per heavy atom. The van der Waals surface area contributed by atoms with Crippen molar-refractivity contribution >= 4 is 17.7 Å². The summed E-state index contributed by atoms with van der Waals surface area (Å²) in [5.41, 5.74) is -1.36. The highest BCUT2D eigenvalue weighted by Gasteiger charge is 2.32. The molecule has 3 N–H and O–H groups in total. The summed E-state index contributed by atoms with van der Waals surface area (Å²) in [6, 6.07) is 4.27. The lowest BCUT2D eigenvalue weighted by molar-refractivity contribution is -0.143. The first kappa shape index (κ1) is 15.4. The van der Waals surface area contributed by atoms with Gasteiger partial charge < -0.3 is 15.7 Å². The van der Waals surface area contributed by atoms with E-state index in [9.17, 15) is 14.0 Å². The molecule has 0 aliphatic carbocycles. The van der Waals surface area contributed by atoms with Crippen molar-refractivity contribution in [1.82, 2.24) is 5.32 Å². The third-order valence-corrected chi connectivity index (χ3v) is 2.92. The van der Waals surface area contributed by atoms with Gasteiger partial charge in [0.05, 0.1) is 11.3 Å². The number of anilines is 1. The Morgan fingerprint density at radius 1 is 1.50 bits per heavy atom. The van der Waals surface area contributed by atoms with Crippen molar-refractivity contribution in [2.75, 3.05) is 5.32 Å². The molecule has 1 aromatic rings. The predicted octanol–water partition coefficient (Wildman–Crippen LogP) is 2.07. The van der Waals surface area contributed by atoms with Gasteiger partial charge in [-0.2, -0.15) is 5.26 Å². The van der Waals surface area contributed by atoms with Crippen LogP contribution in [-0.4, -0.2) is 22.6 Å². The maximum absolute atomic E-state index is 12.9. The first-order valence-electron chi connectivity index (χ1n) is 5.84. The van der Waals surface area contributed by atoms with Gasteiger partial charge in [0, 0.05) is 0 Å². The molecule has 0 saturated heterocycles. The van der Waals surface area contributed by atoms with Crippen molar-refractivity contribution in [3.8, 4) is 6.07 Å². The SMILES string of the molecule is CCC(C)(NC(=O)Nc1ccc(F)cc1C#N)C(=O)O. The lowest BCUT2D eigenvalue weighted by Gasteiger charge is -2.24. The Labute approximate surface area is 115 Å². The Morgan fingerprint density at radius 3 is 2.65 bits per heavy atom. The zero-order valence-corrected chi connectivity index (χ0v) is 11.0. The molecular weight excluding hydrogens is 265 g/mol. The second-order valence-electron chi connectivity index (χ2n) is 4.37. The molecule has 0 radical (unpaired) electrons.